The van der Waals surface area contributed by atoms with Crippen molar-refractivity contribution < 1.29 is 0 Å². The summed E-state index contributed by atoms with van der Waals surface area (Å²) in [5, 5.41) is 4.36. The van der Waals surface area contributed by atoms with E-state index in [0.29, 0.717) is 11.7 Å². The average molecular weight is 244 g/mol. The molecule has 2 N–H and O–H groups in total. The van der Waals surface area contributed by atoms with Gasteiger partial charge in [0.2, 0.25) is 0 Å². The van der Waals surface area contributed by atoms with Gasteiger partial charge in [-0.15, -0.1) is 5.10 Å². The fourth-order valence-electron chi connectivity index (χ4n) is 1.99. The summed E-state index contributed by atoms with van der Waals surface area (Å²) < 4.78 is 1.74. The Hall–Kier alpha value is -1.98. The molecule has 1 aliphatic rings. The van der Waals surface area contributed by atoms with Crippen molar-refractivity contribution in [2.45, 2.75) is 39.5 Å². The van der Waals surface area contributed by atoms with E-state index in [9.17, 15) is 0 Å². The topological polar surface area (TPSA) is 82.5 Å². The third-order valence-electron chi connectivity index (χ3n) is 3.19. The maximum atomic E-state index is 5.97. The van der Waals surface area contributed by atoms with E-state index in [0.717, 1.165) is 41.7 Å². The number of anilines is 1. The summed E-state index contributed by atoms with van der Waals surface area (Å²) in [6.07, 6.45) is 2.30. The number of hydrogen-bond donors (Lipinski definition) is 1. The Balaban J connectivity index is 2.18. The van der Waals surface area contributed by atoms with Crippen LogP contribution in [0, 0.1) is 20.8 Å². The molecule has 3 rings (SSSR count). The third kappa shape index (κ3) is 1.73. The average Bonchev–Trinajstić information content (AvgIpc) is 3.09. The van der Waals surface area contributed by atoms with Gasteiger partial charge in [-0.3, -0.25) is 0 Å². The second-order valence-electron chi connectivity index (χ2n) is 4.81. The van der Waals surface area contributed by atoms with Crippen LogP contribution < -0.4 is 5.73 Å². The van der Waals surface area contributed by atoms with Crippen molar-refractivity contribution in [1.82, 2.24) is 24.7 Å². The highest BCUT2D eigenvalue weighted by molar-refractivity contribution is 5.48. The summed E-state index contributed by atoms with van der Waals surface area (Å²) in [4.78, 5) is 13.3. The predicted molar refractivity (Wildman–Crippen MR) is 67.5 cm³/mol. The van der Waals surface area contributed by atoms with E-state index in [-0.39, 0.29) is 0 Å². The molecular weight excluding hydrogens is 228 g/mol. The molecule has 94 valence electrons. The Morgan fingerprint density at radius 2 is 1.83 bits per heavy atom. The molecule has 2 aromatic heterocycles. The smallest absolute Gasteiger partial charge is 0.164 e. The standard InChI is InChI=1S/C12H16N6/c1-6-10(13)15-11(9-4-5-9)16-12(6)18-8(3)14-7(2)17-18/h9H,4-5H2,1-3H3,(H2,13,15,16). The lowest BCUT2D eigenvalue weighted by molar-refractivity contribution is 0.772. The van der Waals surface area contributed by atoms with Crippen molar-refractivity contribution in [3.05, 3.63) is 23.0 Å². The second-order valence-corrected chi connectivity index (χ2v) is 4.81. The molecule has 0 spiro atoms. The first-order chi connectivity index (χ1) is 8.56. The molecule has 1 fully saturated rings. The highest BCUT2D eigenvalue weighted by atomic mass is 15.4. The first-order valence-electron chi connectivity index (χ1n) is 6.11. The van der Waals surface area contributed by atoms with Crippen molar-refractivity contribution >= 4 is 5.82 Å². The largest absolute Gasteiger partial charge is 0.383 e. The van der Waals surface area contributed by atoms with E-state index >= 15 is 0 Å². The second kappa shape index (κ2) is 3.76. The van der Waals surface area contributed by atoms with Crippen LogP contribution in [0.15, 0.2) is 0 Å². The Morgan fingerprint density at radius 1 is 1.11 bits per heavy atom. The van der Waals surface area contributed by atoms with Gasteiger partial charge >= 0.3 is 0 Å². The number of aryl methyl sites for hydroxylation is 2. The molecule has 0 saturated heterocycles. The Kier molecular flexibility index (Phi) is 2.33. The SMILES string of the molecule is Cc1nc(C)n(-c2nc(C3CC3)nc(N)c2C)n1. The molecule has 18 heavy (non-hydrogen) atoms. The van der Waals surface area contributed by atoms with Crippen LogP contribution in [0.2, 0.25) is 0 Å². The monoisotopic (exact) mass is 244 g/mol. The number of hydrogen-bond acceptors (Lipinski definition) is 5. The number of nitrogen functional groups attached to an aromatic ring is 1. The lowest BCUT2D eigenvalue weighted by atomic mass is 10.3. The minimum Gasteiger partial charge on any atom is -0.383 e. The molecule has 0 aliphatic heterocycles. The van der Waals surface area contributed by atoms with Gasteiger partial charge in [0.05, 0.1) is 0 Å². The Bertz CT molecular complexity index is 611. The number of nitrogens with zero attached hydrogens (tertiary/aromatic N) is 5. The number of aromatic nitrogens is 5. The highest BCUT2D eigenvalue weighted by Gasteiger charge is 2.28. The van der Waals surface area contributed by atoms with Crippen molar-refractivity contribution in [1.29, 1.82) is 0 Å². The predicted octanol–water partition coefficient (Wildman–Crippen LogP) is 1.44. The van der Waals surface area contributed by atoms with Crippen LogP contribution in [0.1, 0.15) is 41.8 Å². The van der Waals surface area contributed by atoms with Gasteiger partial charge in [-0.25, -0.2) is 15.0 Å². The van der Waals surface area contributed by atoms with Crippen LogP contribution in [0.5, 0.6) is 0 Å². The molecule has 1 aliphatic carbocycles. The van der Waals surface area contributed by atoms with Gasteiger partial charge in [-0.2, -0.15) is 4.68 Å². The molecule has 0 atom stereocenters. The van der Waals surface area contributed by atoms with Crippen molar-refractivity contribution in [3.8, 4) is 5.82 Å². The van der Waals surface area contributed by atoms with Crippen molar-refractivity contribution in [2.75, 3.05) is 5.73 Å². The van der Waals surface area contributed by atoms with E-state index in [4.69, 9.17) is 5.73 Å². The van der Waals surface area contributed by atoms with Gasteiger partial charge in [-0.1, -0.05) is 0 Å². The summed E-state index contributed by atoms with van der Waals surface area (Å²) in [5.74, 6) is 4.14. The van der Waals surface area contributed by atoms with E-state index in [1.807, 2.05) is 20.8 Å². The summed E-state index contributed by atoms with van der Waals surface area (Å²) in [5.41, 5.74) is 6.82. The lowest BCUT2D eigenvalue weighted by Crippen LogP contribution is -2.11. The molecule has 0 unspecified atom stereocenters. The van der Waals surface area contributed by atoms with E-state index in [2.05, 4.69) is 20.1 Å². The Labute approximate surface area is 105 Å². The number of rotatable bonds is 2. The molecule has 0 bridgehead atoms. The molecule has 6 heteroatoms. The first kappa shape index (κ1) is 11.1. The third-order valence-corrected chi connectivity index (χ3v) is 3.19. The fourth-order valence-corrected chi connectivity index (χ4v) is 1.99. The molecule has 6 nitrogen and oxygen atoms in total. The lowest BCUT2D eigenvalue weighted by Gasteiger charge is -2.10. The number of nitrogens with two attached hydrogens (primary N) is 1. The van der Waals surface area contributed by atoms with Gasteiger partial charge in [0.1, 0.15) is 23.3 Å². The van der Waals surface area contributed by atoms with Crippen molar-refractivity contribution in [2.24, 2.45) is 0 Å². The van der Waals surface area contributed by atoms with Crippen LogP contribution in [0.25, 0.3) is 5.82 Å². The van der Waals surface area contributed by atoms with E-state index < -0.39 is 0 Å². The maximum absolute atomic E-state index is 5.97. The van der Waals surface area contributed by atoms with Crippen LogP contribution in [-0.4, -0.2) is 24.7 Å². The van der Waals surface area contributed by atoms with Gasteiger partial charge in [0.15, 0.2) is 5.82 Å². The van der Waals surface area contributed by atoms with E-state index in [1.165, 1.54) is 0 Å². The normalized spacial score (nSPS) is 15.1. The zero-order valence-corrected chi connectivity index (χ0v) is 10.8. The minimum absolute atomic E-state index is 0.469. The van der Waals surface area contributed by atoms with Gasteiger partial charge in [0.25, 0.3) is 0 Å². The molecule has 2 heterocycles. The summed E-state index contributed by atoms with van der Waals surface area (Å²) in [6.45, 7) is 5.69. The van der Waals surface area contributed by atoms with E-state index in [1.54, 1.807) is 4.68 Å². The van der Waals surface area contributed by atoms with Crippen LogP contribution >= 0.6 is 0 Å². The van der Waals surface area contributed by atoms with Gasteiger partial charge in [0, 0.05) is 11.5 Å². The molecule has 1 saturated carbocycles. The fraction of sp³-hybridized carbons (Fsp3) is 0.500. The summed E-state index contributed by atoms with van der Waals surface area (Å²) in [6, 6.07) is 0. The zero-order chi connectivity index (χ0) is 12.9. The minimum atomic E-state index is 0.469. The van der Waals surface area contributed by atoms with Crippen LogP contribution in [0.4, 0.5) is 5.82 Å². The maximum Gasteiger partial charge on any atom is 0.164 e. The molecule has 2 aromatic rings. The summed E-state index contributed by atoms with van der Waals surface area (Å²) in [7, 11) is 0. The van der Waals surface area contributed by atoms with Crippen molar-refractivity contribution in [3.63, 3.8) is 0 Å². The molecule has 0 aromatic carbocycles. The summed E-state index contributed by atoms with van der Waals surface area (Å²) >= 11 is 0. The van der Waals surface area contributed by atoms with Gasteiger partial charge < -0.3 is 5.73 Å². The van der Waals surface area contributed by atoms with Gasteiger partial charge in [-0.05, 0) is 33.6 Å². The quantitative estimate of drug-likeness (QED) is 0.864. The van der Waals surface area contributed by atoms with Crippen LogP contribution in [-0.2, 0) is 0 Å². The molecule has 0 amide bonds. The van der Waals surface area contributed by atoms with Crippen LogP contribution in [0.3, 0.4) is 0 Å². The highest BCUT2D eigenvalue weighted by Crippen LogP contribution is 2.39. The first-order valence-corrected chi connectivity index (χ1v) is 6.11. The molecular formula is C12H16N6. The Morgan fingerprint density at radius 3 is 2.39 bits per heavy atom. The molecule has 0 radical (unpaired) electrons. The zero-order valence-electron chi connectivity index (χ0n) is 10.8.